The van der Waals surface area contributed by atoms with Crippen molar-refractivity contribution in [3.63, 3.8) is 0 Å². The van der Waals surface area contributed by atoms with Gasteiger partial charge in [0.25, 0.3) is 0 Å². The third-order valence-electron chi connectivity index (χ3n) is 3.07. The van der Waals surface area contributed by atoms with Gasteiger partial charge in [0.05, 0.1) is 5.60 Å². The Labute approximate surface area is 115 Å². The van der Waals surface area contributed by atoms with Crippen molar-refractivity contribution in [2.24, 2.45) is 0 Å². The molecule has 0 aromatic heterocycles. The number of thioether (sulfide) groups is 1. The minimum absolute atomic E-state index is 0.611. The third kappa shape index (κ3) is 5.89. The summed E-state index contributed by atoms with van der Waals surface area (Å²) in [5.41, 5.74) is 0.195. The maximum atomic E-state index is 10.4. The van der Waals surface area contributed by atoms with Crippen molar-refractivity contribution in [1.82, 2.24) is 5.32 Å². The van der Waals surface area contributed by atoms with Crippen molar-refractivity contribution in [2.75, 3.05) is 25.1 Å². The number of nitrogens with one attached hydrogen (secondary N) is 1. The summed E-state index contributed by atoms with van der Waals surface area (Å²) in [6.45, 7) is 3.46. The van der Waals surface area contributed by atoms with Gasteiger partial charge in [0.15, 0.2) is 0 Å². The van der Waals surface area contributed by atoms with Gasteiger partial charge in [0, 0.05) is 6.54 Å². The molecule has 2 N–H and O–H groups in total. The van der Waals surface area contributed by atoms with Crippen LogP contribution >= 0.6 is 11.8 Å². The van der Waals surface area contributed by atoms with E-state index in [1.165, 1.54) is 25.0 Å². The second kappa shape index (κ2) is 8.57. The van der Waals surface area contributed by atoms with Crippen LogP contribution in [0.1, 0.15) is 31.7 Å². The van der Waals surface area contributed by atoms with Gasteiger partial charge >= 0.3 is 0 Å². The molecule has 0 aliphatic carbocycles. The van der Waals surface area contributed by atoms with Crippen molar-refractivity contribution in [1.29, 1.82) is 0 Å². The van der Waals surface area contributed by atoms with Crippen LogP contribution in [0.25, 0.3) is 0 Å². The fraction of sp³-hybridized carbons (Fsp3) is 0.600. The summed E-state index contributed by atoms with van der Waals surface area (Å²) in [5.74, 6) is 1.25. The lowest BCUT2D eigenvalue weighted by atomic mass is 9.96. The first-order valence-corrected chi connectivity index (χ1v) is 8.04. The van der Waals surface area contributed by atoms with Gasteiger partial charge in [0.1, 0.15) is 0 Å². The first kappa shape index (κ1) is 15.5. The van der Waals surface area contributed by atoms with Crippen LogP contribution in [0.4, 0.5) is 0 Å². The Bertz CT molecular complexity index is 314. The molecule has 3 heteroatoms. The number of rotatable bonds is 9. The van der Waals surface area contributed by atoms with E-state index in [9.17, 15) is 5.11 Å². The zero-order valence-corrected chi connectivity index (χ0v) is 12.3. The summed E-state index contributed by atoms with van der Waals surface area (Å²) in [6, 6.07) is 9.84. The lowest BCUT2D eigenvalue weighted by Crippen LogP contribution is -2.35. The van der Waals surface area contributed by atoms with E-state index in [4.69, 9.17) is 0 Å². The van der Waals surface area contributed by atoms with Gasteiger partial charge in [-0.15, -0.1) is 0 Å². The molecule has 1 aromatic rings. The van der Waals surface area contributed by atoms with Crippen LogP contribution in [0.15, 0.2) is 30.3 Å². The average molecular weight is 267 g/mol. The van der Waals surface area contributed by atoms with Gasteiger partial charge in [-0.05, 0) is 43.9 Å². The van der Waals surface area contributed by atoms with Crippen molar-refractivity contribution in [3.8, 4) is 0 Å². The summed E-state index contributed by atoms with van der Waals surface area (Å²) in [6.07, 6.45) is 5.89. The number of unbranched alkanes of at least 4 members (excludes halogenated alkanes) is 2. The number of hydrogen-bond acceptors (Lipinski definition) is 3. The maximum absolute atomic E-state index is 10.4. The minimum atomic E-state index is -0.777. The molecular formula is C15H25NOS. The maximum Gasteiger partial charge on any atom is 0.0992 e. The molecule has 0 saturated carbocycles. The Morgan fingerprint density at radius 3 is 2.56 bits per heavy atom. The molecule has 0 aliphatic rings. The predicted octanol–water partition coefficient (Wildman–Crippen LogP) is 3.02. The summed E-state index contributed by atoms with van der Waals surface area (Å²) in [4.78, 5) is 0. The van der Waals surface area contributed by atoms with Crippen molar-refractivity contribution in [3.05, 3.63) is 35.9 Å². The van der Waals surface area contributed by atoms with Crippen molar-refractivity contribution < 1.29 is 5.11 Å². The van der Waals surface area contributed by atoms with E-state index in [1.54, 1.807) is 0 Å². The van der Waals surface area contributed by atoms with E-state index in [0.717, 1.165) is 12.1 Å². The zero-order chi connectivity index (χ0) is 13.3. The highest BCUT2D eigenvalue weighted by atomic mass is 32.2. The van der Waals surface area contributed by atoms with Crippen molar-refractivity contribution in [2.45, 2.75) is 31.8 Å². The molecule has 1 unspecified atom stereocenters. The molecule has 0 amide bonds. The molecule has 2 nitrogen and oxygen atoms in total. The minimum Gasteiger partial charge on any atom is -0.384 e. The van der Waals surface area contributed by atoms with Crippen molar-refractivity contribution >= 4 is 11.8 Å². The Kier molecular flexibility index (Phi) is 7.40. The highest BCUT2D eigenvalue weighted by Gasteiger charge is 2.21. The first-order chi connectivity index (χ1) is 8.67. The molecule has 18 heavy (non-hydrogen) atoms. The van der Waals surface area contributed by atoms with Gasteiger partial charge in [-0.3, -0.25) is 0 Å². The summed E-state index contributed by atoms with van der Waals surface area (Å²) >= 11 is 1.91. The second-order valence-corrected chi connectivity index (χ2v) is 5.86. The Balaban J connectivity index is 2.18. The van der Waals surface area contributed by atoms with Crippen LogP contribution in [0.2, 0.25) is 0 Å². The zero-order valence-electron chi connectivity index (χ0n) is 11.5. The van der Waals surface area contributed by atoms with Gasteiger partial charge in [0.2, 0.25) is 0 Å². The number of aliphatic hydroxyl groups is 1. The molecule has 0 radical (unpaired) electrons. The lowest BCUT2D eigenvalue weighted by molar-refractivity contribution is 0.0571. The number of hydrogen-bond donors (Lipinski definition) is 2. The predicted molar refractivity (Wildman–Crippen MR) is 81.1 cm³/mol. The standard InChI is InChI=1S/C15H25NOS/c1-15(17,14-9-5-3-6-10-14)13-16-11-7-4-8-12-18-2/h3,5-6,9-10,16-17H,4,7-8,11-13H2,1-2H3. The molecular weight excluding hydrogens is 242 g/mol. The monoisotopic (exact) mass is 267 g/mol. The van der Waals surface area contributed by atoms with E-state index >= 15 is 0 Å². The topological polar surface area (TPSA) is 32.3 Å². The summed E-state index contributed by atoms with van der Waals surface area (Å²) in [5, 5.41) is 13.7. The molecule has 0 fully saturated rings. The fourth-order valence-electron chi connectivity index (χ4n) is 1.90. The van der Waals surface area contributed by atoms with E-state index in [-0.39, 0.29) is 0 Å². The van der Waals surface area contributed by atoms with E-state index in [0.29, 0.717) is 6.54 Å². The SMILES string of the molecule is CSCCCCCNCC(C)(O)c1ccccc1. The average Bonchev–Trinajstić information content (AvgIpc) is 2.39. The lowest BCUT2D eigenvalue weighted by Gasteiger charge is -2.24. The van der Waals surface area contributed by atoms with Gasteiger partial charge in [-0.1, -0.05) is 36.8 Å². The Hall–Kier alpha value is -0.510. The molecule has 102 valence electrons. The van der Waals surface area contributed by atoms with Gasteiger partial charge in [-0.2, -0.15) is 11.8 Å². The van der Waals surface area contributed by atoms with Crippen LogP contribution in [-0.2, 0) is 5.60 Å². The molecule has 1 atom stereocenters. The molecule has 0 heterocycles. The molecule has 0 saturated heterocycles. The Morgan fingerprint density at radius 2 is 1.89 bits per heavy atom. The van der Waals surface area contributed by atoms with Gasteiger partial charge < -0.3 is 10.4 Å². The first-order valence-electron chi connectivity index (χ1n) is 6.64. The molecule has 0 bridgehead atoms. The van der Waals surface area contributed by atoms with Crippen LogP contribution in [0.3, 0.4) is 0 Å². The fourth-order valence-corrected chi connectivity index (χ4v) is 2.40. The van der Waals surface area contributed by atoms with E-state index < -0.39 is 5.60 Å². The van der Waals surface area contributed by atoms with E-state index in [1.807, 2.05) is 49.0 Å². The largest absolute Gasteiger partial charge is 0.384 e. The Morgan fingerprint density at radius 1 is 1.17 bits per heavy atom. The van der Waals surface area contributed by atoms with E-state index in [2.05, 4.69) is 11.6 Å². The van der Waals surface area contributed by atoms with Gasteiger partial charge in [-0.25, -0.2) is 0 Å². The molecule has 1 rings (SSSR count). The third-order valence-corrected chi connectivity index (χ3v) is 3.76. The van der Waals surface area contributed by atoms with Crippen LogP contribution in [0, 0.1) is 0 Å². The summed E-state index contributed by atoms with van der Waals surface area (Å²) < 4.78 is 0. The van der Waals surface area contributed by atoms with Crippen LogP contribution in [-0.4, -0.2) is 30.2 Å². The quantitative estimate of drug-likeness (QED) is 0.675. The highest BCUT2D eigenvalue weighted by molar-refractivity contribution is 7.98. The van der Waals surface area contributed by atoms with Crippen LogP contribution < -0.4 is 5.32 Å². The smallest absolute Gasteiger partial charge is 0.0992 e. The molecule has 1 aromatic carbocycles. The molecule has 0 spiro atoms. The number of benzene rings is 1. The normalized spacial score (nSPS) is 14.4. The summed E-state index contributed by atoms with van der Waals surface area (Å²) in [7, 11) is 0. The van der Waals surface area contributed by atoms with Crippen LogP contribution in [0.5, 0.6) is 0 Å². The second-order valence-electron chi connectivity index (χ2n) is 4.87. The highest BCUT2D eigenvalue weighted by Crippen LogP contribution is 2.18. The molecule has 0 aliphatic heterocycles.